The SMILES string of the molecule is CC(C)=C(C)c1ccc(OCCN2CCNCC2)cc1. The summed E-state index contributed by atoms with van der Waals surface area (Å²) in [6.07, 6.45) is 0. The molecule has 0 bridgehead atoms. The van der Waals surface area contributed by atoms with E-state index in [1.165, 1.54) is 16.7 Å². The minimum absolute atomic E-state index is 0.765. The normalized spacial score (nSPS) is 15.9. The highest BCUT2D eigenvalue weighted by molar-refractivity contribution is 5.66. The van der Waals surface area contributed by atoms with Gasteiger partial charge in [-0.1, -0.05) is 17.7 Å². The molecule has 3 nitrogen and oxygen atoms in total. The Morgan fingerprint density at radius 1 is 1.10 bits per heavy atom. The fraction of sp³-hybridized carbons (Fsp3) is 0.529. The molecule has 110 valence electrons. The van der Waals surface area contributed by atoms with Crippen molar-refractivity contribution >= 4 is 5.57 Å². The Morgan fingerprint density at radius 2 is 1.75 bits per heavy atom. The zero-order valence-electron chi connectivity index (χ0n) is 12.9. The molecule has 1 aliphatic heterocycles. The van der Waals surface area contributed by atoms with E-state index in [0.29, 0.717) is 0 Å². The van der Waals surface area contributed by atoms with E-state index in [-0.39, 0.29) is 0 Å². The van der Waals surface area contributed by atoms with E-state index in [4.69, 9.17) is 4.74 Å². The van der Waals surface area contributed by atoms with E-state index < -0.39 is 0 Å². The summed E-state index contributed by atoms with van der Waals surface area (Å²) in [7, 11) is 0. The van der Waals surface area contributed by atoms with E-state index >= 15 is 0 Å². The molecule has 1 aromatic rings. The second-order valence-corrected chi connectivity index (χ2v) is 5.59. The van der Waals surface area contributed by atoms with Gasteiger partial charge in [0.25, 0.3) is 0 Å². The molecular weight excluding hydrogens is 248 g/mol. The molecule has 0 atom stereocenters. The molecule has 0 aliphatic carbocycles. The maximum atomic E-state index is 5.83. The van der Waals surface area contributed by atoms with Gasteiger partial charge in [-0.2, -0.15) is 0 Å². The Labute approximate surface area is 122 Å². The van der Waals surface area contributed by atoms with Gasteiger partial charge >= 0.3 is 0 Å². The molecular formula is C17H26N2O. The Hall–Kier alpha value is -1.32. The monoisotopic (exact) mass is 274 g/mol. The van der Waals surface area contributed by atoms with Gasteiger partial charge < -0.3 is 10.1 Å². The van der Waals surface area contributed by atoms with Gasteiger partial charge in [-0.3, -0.25) is 4.90 Å². The molecule has 0 amide bonds. The van der Waals surface area contributed by atoms with Crippen LogP contribution < -0.4 is 10.1 Å². The molecule has 0 saturated carbocycles. The number of benzene rings is 1. The first kappa shape index (κ1) is 15.1. The lowest BCUT2D eigenvalue weighted by Gasteiger charge is -2.26. The summed E-state index contributed by atoms with van der Waals surface area (Å²) in [5.41, 5.74) is 3.98. The van der Waals surface area contributed by atoms with Gasteiger partial charge in [0.05, 0.1) is 0 Å². The lowest BCUT2D eigenvalue weighted by molar-refractivity contribution is 0.191. The van der Waals surface area contributed by atoms with Gasteiger partial charge in [0.2, 0.25) is 0 Å². The van der Waals surface area contributed by atoms with Crippen LogP contribution in [0.15, 0.2) is 29.8 Å². The topological polar surface area (TPSA) is 24.5 Å². The van der Waals surface area contributed by atoms with Gasteiger partial charge in [0, 0.05) is 32.7 Å². The average molecular weight is 274 g/mol. The van der Waals surface area contributed by atoms with Gasteiger partial charge in [0.1, 0.15) is 12.4 Å². The van der Waals surface area contributed by atoms with Crippen LogP contribution in [-0.2, 0) is 0 Å². The number of hydrogen-bond donors (Lipinski definition) is 1. The van der Waals surface area contributed by atoms with Gasteiger partial charge in [-0.15, -0.1) is 0 Å². The van der Waals surface area contributed by atoms with Crippen LogP contribution in [0.1, 0.15) is 26.3 Å². The molecule has 2 rings (SSSR count). The molecule has 0 unspecified atom stereocenters. The van der Waals surface area contributed by atoms with E-state index in [1.54, 1.807) is 0 Å². The quantitative estimate of drug-likeness (QED) is 0.893. The van der Waals surface area contributed by atoms with Crippen molar-refractivity contribution in [3.8, 4) is 5.75 Å². The van der Waals surface area contributed by atoms with Crippen LogP contribution in [0.2, 0.25) is 0 Å². The molecule has 0 radical (unpaired) electrons. The van der Waals surface area contributed by atoms with Crippen molar-refractivity contribution in [1.29, 1.82) is 0 Å². The standard InChI is InChI=1S/C17H26N2O/c1-14(2)15(3)16-4-6-17(7-5-16)20-13-12-19-10-8-18-9-11-19/h4-7,18H,8-13H2,1-3H3. The minimum atomic E-state index is 0.765. The fourth-order valence-electron chi connectivity index (χ4n) is 2.32. The molecule has 0 aromatic heterocycles. The summed E-state index contributed by atoms with van der Waals surface area (Å²) < 4.78 is 5.83. The summed E-state index contributed by atoms with van der Waals surface area (Å²) in [5.74, 6) is 0.963. The lowest BCUT2D eigenvalue weighted by Crippen LogP contribution is -2.44. The number of nitrogens with zero attached hydrogens (tertiary/aromatic N) is 1. The van der Waals surface area contributed by atoms with E-state index in [9.17, 15) is 0 Å². The third-order valence-corrected chi connectivity index (χ3v) is 3.92. The maximum Gasteiger partial charge on any atom is 0.119 e. The molecule has 1 aromatic carbocycles. The first-order chi connectivity index (χ1) is 9.66. The molecule has 1 fully saturated rings. The van der Waals surface area contributed by atoms with Crippen LogP contribution >= 0.6 is 0 Å². The van der Waals surface area contributed by atoms with Crippen molar-refractivity contribution in [2.75, 3.05) is 39.3 Å². The summed E-state index contributed by atoms with van der Waals surface area (Å²) >= 11 is 0. The highest BCUT2D eigenvalue weighted by Gasteiger charge is 2.08. The molecule has 1 N–H and O–H groups in total. The van der Waals surface area contributed by atoms with Crippen LogP contribution in [0.5, 0.6) is 5.75 Å². The second kappa shape index (κ2) is 7.46. The predicted octanol–water partition coefficient (Wildman–Crippen LogP) is 2.78. The summed E-state index contributed by atoms with van der Waals surface area (Å²) in [4.78, 5) is 2.44. The summed E-state index contributed by atoms with van der Waals surface area (Å²) in [6.45, 7) is 12.7. The first-order valence-corrected chi connectivity index (χ1v) is 7.47. The Bertz CT molecular complexity index is 441. The highest BCUT2D eigenvalue weighted by atomic mass is 16.5. The van der Waals surface area contributed by atoms with E-state index in [1.807, 2.05) is 0 Å². The van der Waals surface area contributed by atoms with E-state index in [2.05, 4.69) is 55.3 Å². The highest BCUT2D eigenvalue weighted by Crippen LogP contribution is 2.20. The van der Waals surface area contributed by atoms with Gasteiger partial charge in [-0.25, -0.2) is 0 Å². The molecule has 1 heterocycles. The number of rotatable bonds is 5. The first-order valence-electron chi connectivity index (χ1n) is 7.47. The zero-order chi connectivity index (χ0) is 14.4. The zero-order valence-corrected chi connectivity index (χ0v) is 12.9. The fourth-order valence-corrected chi connectivity index (χ4v) is 2.32. The molecule has 20 heavy (non-hydrogen) atoms. The summed E-state index contributed by atoms with van der Waals surface area (Å²) in [5, 5.41) is 3.36. The number of piperazine rings is 1. The van der Waals surface area contributed by atoms with Crippen molar-refractivity contribution in [3.05, 3.63) is 35.4 Å². The van der Waals surface area contributed by atoms with Gasteiger partial charge in [0.15, 0.2) is 0 Å². The predicted molar refractivity (Wildman–Crippen MR) is 85.2 cm³/mol. The number of ether oxygens (including phenoxy) is 1. The van der Waals surface area contributed by atoms with Crippen molar-refractivity contribution in [3.63, 3.8) is 0 Å². The van der Waals surface area contributed by atoms with Gasteiger partial charge in [-0.05, 0) is 44.0 Å². The second-order valence-electron chi connectivity index (χ2n) is 5.59. The average Bonchev–Trinajstić information content (AvgIpc) is 2.48. The Morgan fingerprint density at radius 3 is 2.35 bits per heavy atom. The Balaban J connectivity index is 1.80. The molecule has 0 spiro atoms. The lowest BCUT2D eigenvalue weighted by atomic mass is 10.0. The number of hydrogen-bond acceptors (Lipinski definition) is 3. The summed E-state index contributed by atoms with van der Waals surface area (Å²) in [6, 6.07) is 8.42. The number of nitrogens with one attached hydrogen (secondary N) is 1. The minimum Gasteiger partial charge on any atom is -0.492 e. The van der Waals surface area contributed by atoms with Crippen LogP contribution in [0.3, 0.4) is 0 Å². The van der Waals surface area contributed by atoms with Crippen molar-refractivity contribution in [2.24, 2.45) is 0 Å². The van der Waals surface area contributed by atoms with Crippen LogP contribution in [0.4, 0.5) is 0 Å². The maximum absolute atomic E-state index is 5.83. The van der Waals surface area contributed by atoms with Crippen LogP contribution in [0, 0.1) is 0 Å². The van der Waals surface area contributed by atoms with Crippen molar-refractivity contribution < 1.29 is 4.74 Å². The van der Waals surface area contributed by atoms with Crippen molar-refractivity contribution in [1.82, 2.24) is 10.2 Å². The third kappa shape index (κ3) is 4.36. The molecule has 1 saturated heterocycles. The smallest absolute Gasteiger partial charge is 0.119 e. The van der Waals surface area contributed by atoms with Crippen LogP contribution in [-0.4, -0.2) is 44.2 Å². The molecule has 3 heteroatoms. The third-order valence-electron chi connectivity index (χ3n) is 3.92. The number of allylic oxidation sites excluding steroid dienone is 2. The van der Waals surface area contributed by atoms with Crippen molar-refractivity contribution in [2.45, 2.75) is 20.8 Å². The Kier molecular flexibility index (Phi) is 5.62. The van der Waals surface area contributed by atoms with E-state index in [0.717, 1.165) is 45.1 Å². The molecule has 1 aliphatic rings. The largest absolute Gasteiger partial charge is 0.492 e. The van der Waals surface area contributed by atoms with Crippen LogP contribution in [0.25, 0.3) is 5.57 Å².